The zero-order valence-corrected chi connectivity index (χ0v) is 11.9. The molecule has 1 aromatic heterocycles. The molecule has 1 rings (SSSR count). The maximum absolute atomic E-state index is 12.7. The molecule has 0 aliphatic carbocycles. The first-order valence-corrected chi connectivity index (χ1v) is 6.67. The summed E-state index contributed by atoms with van der Waals surface area (Å²) < 4.78 is 30.1. The molecule has 0 atom stereocenters. The van der Waals surface area contributed by atoms with Crippen LogP contribution >= 0.6 is 27.5 Å². The Morgan fingerprint density at radius 2 is 2.28 bits per heavy atom. The lowest BCUT2D eigenvalue weighted by atomic mass is 10.1. The minimum atomic E-state index is -2.70. The van der Waals surface area contributed by atoms with Crippen molar-refractivity contribution in [1.82, 2.24) is 4.98 Å². The van der Waals surface area contributed by atoms with Crippen LogP contribution in [0.5, 0.6) is 0 Å². The van der Waals surface area contributed by atoms with Crippen LogP contribution in [-0.2, 0) is 21.3 Å². The number of carbonyl (C=O) groups is 1. The molecule has 0 aromatic carbocycles. The highest BCUT2D eigenvalue weighted by Gasteiger charge is 2.20. The van der Waals surface area contributed by atoms with Crippen molar-refractivity contribution in [3.05, 3.63) is 28.0 Å². The highest BCUT2D eigenvalue weighted by Crippen LogP contribution is 2.31. The molecule has 0 radical (unpaired) electrons. The summed E-state index contributed by atoms with van der Waals surface area (Å²) in [7, 11) is 0. The van der Waals surface area contributed by atoms with Crippen LogP contribution < -0.4 is 0 Å². The average Bonchev–Trinajstić information content (AvgIpc) is 2.31. The quantitative estimate of drug-likeness (QED) is 0.605. The molecule has 1 aromatic rings. The van der Waals surface area contributed by atoms with Gasteiger partial charge >= 0.3 is 5.97 Å². The summed E-state index contributed by atoms with van der Waals surface area (Å²) in [5.74, 6) is -0.466. The van der Waals surface area contributed by atoms with E-state index in [-0.39, 0.29) is 34.6 Å². The fourth-order valence-corrected chi connectivity index (χ4v) is 2.40. The number of halogens is 4. The lowest BCUT2D eigenvalue weighted by molar-refractivity contribution is -0.142. The van der Waals surface area contributed by atoms with Gasteiger partial charge in [0.15, 0.2) is 0 Å². The van der Waals surface area contributed by atoms with Gasteiger partial charge in [-0.2, -0.15) is 0 Å². The van der Waals surface area contributed by atoms with E-state index in [1.54, 1.807) is 6.92 Å². The summed E-state index contributed by atoms with van der Waals surface area (Å²) in [4.78, 5) is 15.0. The van der Waals surface area contributed by atoms with Crippen LogP contribution in [0.25, 0.3) is 0 Å². The maximum atomic E-state index is 12.7. The topological polar surface area (TPSA) is 39.2 Å². The van der Waals surface area contributed by atoms with E-state index in [1.165, 1.54) is 6.20 Å². The SMILES string of the molecule is CCOC(=O)Cc1cnc(C(F)F)c(CBr)c1Cl. The molecule has 7 heteroatoms. The van der Waals surface area contributed by atoms with Crippen LogP contribution in [0.4, 0.5) is 8.78 Å². The third-order valence-electron chi connectivity index (χ3n) is 2.20. The Labute approximate surface area is 117 Å². The van der Waals surface area contributed by atoms with Crippen LogP contribution in [0.1, 0.15) is 30.2 Å². The number of hydrogen-bond acceptors (Lipinski definition) is 3. The van der Waals surface area contributed by atoms with Crippen LogP contribution in [0.2, 0.25) is 5.02 Å². The molecule has 0 N–H and O–H groups in total. The molecule has 0 bridgehead atoms. The Bertz CT molecular complexity index is 443. The fourth-order valence-electron chi connectivity index (χ4n) is 1.39. The Balaban J connectivity index is 3.05. The second kappa shape index (κ2) is 6.99. The minimum Gasteiger partial charge on any atom is -0.466 e. The van der Waals surface area contributed by atoms with Gasteiger partial charge in [0.25, 0.3) is 6.43 Å². The minimum absolute atomic E-state index is 0.0802. The Hall–Kier alpha value is -0.750. The zero-order chi connectivity index (χ0) is 13.7. The number of aromatic nitrogens is 1. The largest absolute Gasteiger partial charge is 0.466 e. The summed E-state index contributed by atoms with van der Waals surface area (Å²) in [5, 5.41) is 0.278. The lowest BCUT2D eigenvalue weighted by Crippen LogP contribution is -2.10. The van der Waals surface area contributed by atoms with E-state index < -0.39 is 12.4 Å². The summed E-state index contributed by atoms with van der Waals surface area (Å²) in [6, 6.07) is 0. The summed E-state index contributed by atoms with van der Waals surface area (Å²) in [5.41, 5.74) is 0.215. The molecule has 0 saturated carbocycles. The van der Waals surface area contributed by atoms with Crippen LogP contribution in [0, 0.1) is 0 Å². The second-order valence-corrected chi connectivity index (χ2v) is 4.32. The normalized spacial score (nSPS) is 10.8. The van der Waals surface area contributed by atoms with Gasteiger partial charge < -0.3 is 4.74 Å². The van der Waals surface area contributed by atoms with Crippen molar-refractivity contribution in [1.29, 1.82) is 0 Å². The number of alkyl halides is 3. The standard InChI is InChI=1S/C11H11BrClF2NO2/c1-2-18-8(17)3-6-5-16-10(11(14)15)7(4-12)9(6)13/h5,11H,2-4H2,1H3. The van der Waals surface area contributed by atoms with Gasteiger partial charge in [-0.15, -0.1) is 0 Å². The molecular formula is C11H11BrClF2NO2. The predicted octanol–water partition coefficient (Wildman–Crippen LogP) is 3.67. The molecule has 0 saturated heterocycles. The molecule has 0 amide bonds. The first kappa shape index (κ1) is 15.3. The maximum Gasteiger partial charge on any atom is 0.310 e. The third kappa shape index (κ3) is 3.62. The lowest BCUT2D eigenvalue weighted by Gasteiger charge is -2.11. The van der Waals surface area contributed by atoms with Crippen molar-refractivity contribution in [2.75, 3.05) is 6.61 Å². The van der Waals surface area contributed by atoms with Gasteiger partial charge in [0.1, 0.15) is 5.69 Å². The number of pyridine rings is 1. The van der Waals surface area contributed by atoms with Crippen LogP contribution in [-0.4, -0.2) is 17.6 Å². The van der Waals surface area contributed by atoms with Crippen molar-refractivity contribution < 1.29 is 18.3 Å². The number of rotatable bonds is 5. The van der Waals surface area contributed by atoms with E-state index in [9.17, 15) is 13.6 Å². The average molecular weight is 343 g/mol. The first-order chi connectivity index (χ1) is 8.51. The van der Waals surface area contributed by atoms with E-state index >= 15 is 0 Å². The van der Waals surface area contributed by atoms with Crippen molar-refractivity contribution in [3.8, 4) is 0 Å². The number of esters is 1. The fraction of sp³-hybridized carbons (Fsp3) is 0.455. The molecule has 0 aliphatic heterocycles. The molecule has 3 nitrogen and oxygen atoms in total. The summed E-state index contributed by atoms with van der Waals surface area (Å²) in [6.07, 6.45) is -1.59. The monoisotopic (exact) mass is 341 g/mol. The number of hydrogen-bond donors (Lipinski definition) is 0. The third-order valence-corrected chi connectivity index (χ3v) is 3.23. The molecule has 100 valence electrons. The van der Waals surface area contributed by atoms with E-state index in [1.807, 2.05) is 0 Å². The van der Waals surface area contributed by atoms with Gasteiger partial charge in [0.05, 0.1) is 18.1 Å². The molecule has 1 heterocycles. The Morgan fingerprint density at radius 1 is 1.61 bits per heavy atom. The van der Waals surface area contributed by atoms with Gasteiger partial charge in [-0.25, -0.2) is 8.78 Å². The molecule has 0 fully saturated rings. The van der Waals surface area contributed by atoms with Crippen molar-refractivity contribution in [3.63, 3.8) is 0 Å². The summed E-state index contributed by atoms with van der Waals surface area (Å²) >= 11 is 9.08. The van der Waals surface area contributed by atoms with Gasteiger partial charge in [0.2, 0.25) is 0 Å². The van der Waals surface area contributed by atoms with Gasteiger partial charge in [-0.1, -0.05) is 27.5 Å². The summed E-state index contributed by atoms with van der Waals surface area (Å²) in [6.45, 7) is 1.94. The number of ether oxygens (including phenoxy) is 1. The second-order valence-electron chi connectivity index (χ2n) is 3.38. The molecule has 0 spiro atoms. The molecule has 18 heavy (non-hydrogen) atoms. The van der Waals surface area contributed by atoms with Crippen LogP contribution in [0.3, 0.4) is 0 Å². The smallest absolute Gasteiger partial charge is 0.310 e. The first-order valence-electron chi connectivity index (χ1n) is 5.17. The molecule has 0 aliphatic rings. The van der Waals surface area contributed by atoms with E-state index in [2.05, 4.69) is 20.9 Å². The van der Waals surface area contributed by atoms with Gasteiger partial charge in [-0.05, 0) is 6.92 Å². The van der Waals surface area contributed by atoms with E-state index in [0.717, 1.165) is 0 Å². The van der Waals surface area contributed by atoms with Crippen molar-refractivity contribution >= 4 is 33.5 Å². The molecule has 0 unspecified atom stereocenters. The van der Waals surface area contributed by atoms with E-state index in [4.69, 9.17) is 16.3 Å². The molecular weight excluding hydrogens is 331 g/mol. The van der Waals surface area contributed by atoms with Crippen molar-refractivity contribution in [2.24, 2.45) is 0 Å². The highest BCUT2D eigenvalue weighted by molar-refractivity contribution is 9.08. The van der Waals surface area contributed by atoms with Gasteiger partial charge in [0, 0.05) is 22.7 Å². The van der Waals surface area contributed by atoms with E-state index in [0.29, 0.717) is 5.56 Å². The number of nitrogens with zero attached hydrogens (tertiary/aromatic N) is 1. The van der Waals surface area contributed by atoms with Crippen LogP contribution in [0.15, 0.2) is 6.20 Å². The van der Waals surface area contributed by atoms with Gasteiger partial charge in [-0.3, -0.25) is 9.78 Å². The van der Waals surface area contributed by atoms with Crippen molar-refractivity contribution in [2.45, 2.75) is 25.1 Å². The zero-order valence-electron chi connectivity index (χ0n) is 9.55. The highest BCUT2D eigenvalue weighted by atomic mass is 79.9. The number of carbonyl (C=O) groups excluding carboxylic acids is 1. The Kier molecular flexibility index (Phi) is 5.95. The predicted molar refractivity (Wildman–Crippen MR) is 67.2 cm³/mol. The Morgan fingerprint density at radius 3 is 2.78 bits per heavy atom.